The Morgan fingerprint density at radius 2 is 2.35 bits per heavy atom. The maximum atomic E-state index is 9.83. The molecule has 2 unspecified atom stereocenters. The summed E-state index contributed by atoms with van der Waals surface area (Å²) >= 11 is 3.32. The lowest BCUT2D eigenvalue weighted by molar-refractivity contribution is 0.105. The van der Waals surface area contributed by atoms with Crippen molar-refractivity contribution < 1.29 is 9.84 Å². The van der Waals surface area contributed by atoms with E-state index >= 15 is 0 Å². The van der Waals surface area contributed by atoms with Crippen LogP contribution in [0.3, 0.4) is 0 Å². The molecule has 17 heavy (non-hydrogen) atoms. The van der Waals surface area contributed by atoms with Gasteiger partial charge in [-0.05, 0) is 41.3 Å². The molecule has 0 radical (unpaired) electrons. The van der Waals surface area contributed by atoms with Crippen LogP contribution in [0.5, 0.6) is 5.75 Å². The summed E-state index contributed by atoms with van der Waals surface area (Å²) in [5, 5.41) is 13.2. The number of rotatable bonds is 4. The first-order valence-corrected chi connectivity index (χ1v) is 6.76. The smallest absolute Gasteiger partial charge is 0.134 e. The number of hydrogen-bond acceptors (Lipinski definition) is 3. The molecule has 4 heteroatoms. The average molecular weight is 300 g/mol. The van der Waals surface area contributed by atoms with Crippen LogP contribution >= 0.6 is 15.9 Å². The average Bonchev–Trinajstić information content (AvgIpc) is 2.71. The van der Waals surface area contributed by atoms with Gasteiger partial charge in [-0.1, -0.05) is 12.1 Å². The van der Waals surface area contributed by atoms with Gasteiger partial charge in [0.2, 0.25) is 0 Å². The third-order valence-electron chi connectivity index (χ3n) is 3.33. The summed E-state index contributed by atoms with van der Waals surface area (Å²) < 4.78 is 6.26. The standard InChI is InChI=1S/C13H18BrNO2/c1-9-10(5-6-17-9)7-15-8-11-3-2-4-12(14)13(11)16/h2-4,9-10,15-16H,5-8H2,1H3. The third-order valence-corrected chi connectivity index (χ3v) is 3.97. The highest BCUT2D eigenvalue weighted by molar-refractivity contribution is 9.10. The number of phenolic OH excluding ortho intramolecular Hbond substituents is 1. The topological polar surface area (TPSA) is 41.5 Å². The molecule has 1 aliphatic heterocycles. The third kappa shape index (κ3) is 3.21. The Morgan fingerprint density at radius 3 is 3.06 bits per heavy atom. The highest BCUT2D eigenvalue weighted by atomic mass is 79.9. The quantitative estimate of drug-likeness (QED) is 0.898. The van der Waals surface area contributed by atoms with Crippen molar-refractivity contribution in [1.82, 2.24) is 5.32 Å². The van der Waals surface area contributed by atoms with Crippen molar-refractivity contribution in [2.45, 2.75) is 26.0 Å². The predicted octanol–water partition coefficient (Wildman–Crippen LogP) is 2.67. The largest absolute Gasteiger partial charge is 0.506 e. The fourth-order valence-corrected chi connectivity index (χ4v) is 2.55. The van der Waals surface area contributed by atoms with Crippen molar-refractivity contribution >= 4 is 15.9 Å². The molecule has 0 bridgehead atoms. The van der Waals surface area contributed by atoms with Crippen molar-refractivity contribution in [3.8, 4) is 5.75 Å². The Bertz CT molecular complexity index is 384. The van der Waals surface area contributed by atoms with E-state index in [1.165, 1.54) is 0 Å². The minimum absolute atomic E-state index is 0.329. The van der Waals surface area contributed by atoms with Gasteiger partial charge in [-0.3, -0.25) is 0 Å². The predicted molar refractivity (Wildman–Crippen MR) is 71.0 cm³/mol. The summed E-state index contributed by atoms with van der Waals surface area (Å²) in [5.74, 6) is 0.917. The second kappa shape index (κ2) is 5.85. The van der Waals surface area contributed by atoms with Crippen molar-refractivity contribution in [3.05, 3.63) is 28.2 Å². The number of ether oxygens (including phenoxy) is 1. The zero-order valence-corrected chi connectivity index (χ0v) is 11.5. The highest BCUT2D eigenvalue weighted by Gasteiger charge is 2.23. The summed E-state index contributed by atoms with van der Waals surface area (Å²) in [7, 11) is 0. The fraction of sp³-hybridized carbons (Fsp3) is 0.538. The summed E-state index contributed by atoms with van der Waals surface area (Å²) in [6.07, 6.45) is 1.47. The number of benzene rings is 1. The molecule has 1 heterocycles. The first-order chi connectivity index (χ1) is 8.18. The van der Waals surface area contributed by atoms with Crippen LogP contribution in [0.25, 0.3) is 0 Å². The summed E-state index contributed by atoms with van der Waals surface area (Å²) in [6, 6.07) is 5.70. The van der Waals surface area contributed by atoms with Crippen LogP contribution in [0.2, 0.25) is 0 Å². The van der Waals surface area contributed by atoms with Crippen LogP contribution in [0.1, 0.15) is 18.9 Å². The maximum Gasteiger partial charge on any atom is 0.134 e. The number of nitrogens with one attached hydrogen (secondary N) is 1. The zero-order chi connectivity index (χ0) is 12.3. The molecule has 3 nitrogen and oxygen atoms in total. The number of hydrogen-bond donors (Lipinski definition) is 2. The molecule has 0 saturated carbocycles. The van der Waals surface area contributed by atoms with E-state index in [1.807, 2.05) is 18.2 Å². The molecular weight excluding hydrogens is 282 g/mol. The summed E-state index contributed by atoms with van der Waals surface area (Å²) in [6.45, 7) is 4.62. The lowest BCUT2D eigenvalue weighted by Crippen LogP contribution is -2.26. The Morgan fingerprint density at radius 1 is 1.53 bits per heavy atom. The first-order valence-electron chi connectivity index (χ1n) is 5.97. The normalized spacial score (nSPS) is 24.1. The molecule has 2 N–H and O–H groups in total. The Kier molecular flexibility index (Phi) is 4.42. The highest BCUT2D eigenvalue weighted by Crippen LogP contribution is 2.27. The van der Waals surface area contributed by atoms with Crippen LogP contribution in [0, 0.1) is 5.92 Å². The number of aromatic hydroxyl groups is 1. The van der Waals surface area contributed by atoms with Crippen LogP contribution in [-0.2, 0) is 11.3 Å². The minimum Gasteiger partial charge on any atom is -0.506 e. The molecule has 0 aromatic heterocycles. The van der Waals surface area contributed by atoms with Gasteiger partial charge >= 0.3 is 0 Å². The van der Waals surface area contributed by atoms with Crippen LogP contribution < -0.4 is 5.32 Å². The second-order valence-corrected chi connectivity index (χ2v) is 5.36. The van der Waals surface area contributed by atoms with Gasteiger partial charge in [0.1, 0.15) is 5.75 Å². The first kappa shape index (κ1) is 12.9. The van der Waals surface area contributed by atoms with Crippen LogP contribution in [-0.4, -0.2) is 24.4 Å². The zero-order valence-electron chi connectivity index (χ0n) is 9.95. The SMILES string of the molecule is CC1OCCC1CNCc1cccc(Br)c1O. The van der Waals surface area contributed by atoms with E-state index in [-0.39, 0.29) is 0 Å². The van der Waals surface area contributed by atoms with E-state index in [1.54, 1.807) is 0 Å². The molecular formula is C13H18BrNO2. The molecule has 94 valence electrons. The molecule has 2 atom stereocenters. The van der Waals surface area contributed by atoms with E-state index in [9.17, 15) is 5.11 Å². The minimum atomic E-state index is 0.329. The summed E-state index contributed by atoms with van der Waals surface area (Å²) in [5.41, 5.74) is 0.922. The van der Waals surface area contributed by atoms with Crippen molar-refractivity contribution in [1.29, 1.82) is 0 Å². The van der Waals surface area contributed by atoms with Crippen molar-refractivity contribution in [2.75, 3.05) is 13.2 Å². The summed E-state index contributed by atoms with van der Waals surface area (Å²) in [4.78, 5) is 0. The fourth-order valence-electron chi connectivity index (χ4n) is 2.14. The molecule has 1 aromatic carbocycles. The van der Waals surface area contributed by atoms with E-state index in [2.05, 4.69) is 28.2 Å². The van der Waals surface area contributed by atoms with E-state index in [0.717, 1.165) is 29.6 Å². The molecule has 1 aromatic rings. The lowest BCUT2D eigenvalue weighted by atomic mass is 10.0. The molecule has 1 aliphatic rings. The molecule has 1 saturated heterocycles. The number of para-hydroxylation sites is 1. The second-order valence-electron chi connectivity index (χ2n) is 4.50. The monoisotopic (exact) mass is 299 g/mol. The van der Waals surface area contributed by atoms with Gasteiger partial charge in [0.05, 0.1) is 10.6 Å². The number of phenols is 1. The molecule has 2 rings (SSSR count). The van der Waals surface area contributed by atoms with Gasteiger partial charge in [-0.15, -0.1) is 0 Å². The van der Waals surface area contributed by atoms with Gasteiger partial charge in [0.15, 0.2) is 0 Å². The molecule has 1 fully saturated rings. The Hall–Kier alpha value is -0.580. The van der Waals surface area contributed by atoms with E-state index in [0.29, 0.717) is 24.3 Å². The number of halogens is 1. The van der Waals surface area contributed by atoms with Crippen molar-refractivity contribution in [3.63, 3.8) is 0 Å². The van der Waals surface area contributed by atoms with Gasteiger partial charge in [-0.2, -0.15) is 0 Å². The van der Waals surface area contributed by atoms with Gasteiger partial charge in [-0.25, -0.2) is 0 Å². The van der Waals surface area contributed by atoms with E-state index < -0.39 is 0 Å². The Labute approximate surface area is 110 Å². The molecule has 0 aliphatic carbocycles. The Balaban J connectivity index is 1.84. The van der Waals surface area contributed by atoms with E-state index in [4.69, 9.17) is 4.74 Å². The van der Waals surface area contributed by atoms with Crippen LogP contribution in [0.15, 0.2) is 22.7 Å². The lowest BCUT2D eigenvalue weighted by Gasteiger charge is -2.15. The van der Waals surface area contributed by atoms with Gasteiger partial charge in [0.25, 0.3) is 0 Å². The van der Waals surface area contributed by atoms with Gasteiger partial charge < -0.3 is 15.2 Å². The van der Waals surface area contributed by atoms with Crippen molar-refractivity contribution in [2.24, 2.45) is 5.92 Å². The van der Waals surface area contributed by atoms with Gasteiger partial charge in [0, 0.05) is 25.3 Å². The maximum absolute atomic E-state index is 9.83. The molecule has 0 spiro atoms. The molecule has 0 amide bonds. The van der Waals surface area contributed by atoms with Crippen LogP contribution in [0.4, 0.5) is 0 Å².